The Morgan fingerprint density at radius 3 is 2.80 bits per heavy atom. The number of hydrogen-bond acceptors (Lipinski definition) is 4. The van der Waals surface area contributed by atoms with Crippen LogP contribution in [-0.4, -0.2) is 22.9 Å². The van der Waals surface area contributed by atoms with Gasteiger partial charge in [0.15, 0.2) is 0 Å². The molecular weight excluding hydrogens is 252 g/mol. The molecule has 0 saturated heterocycles. The quantitative estimate of drug-likeness (QED) is 0.896. The van der Waals surface area contributed by atoms with Gasteiger partial charge in [0.05, 0.1) is 0 Å². The molecule has 2 heterocycles. The molecule has 2 aromatic rings. The van der Waals surface area contributed by atoms with E-state index in [0.29, 0.717) is 11.4 Å². The summed E-state index contributed by atoms with van der Waals surface area (Å²) in [6.07, 6.45) is 4.16. The van der Waals surface area contributed by atoms with Crippen LogP contribution >= 0.6 is 0 Å². The Morgan fingerprint density at radius 2 is 2.15 bits per heavy atom. The lowest BCUT2D eigenvalue weighted by Crippen LogP contribution is -2.14. The molecule has 0 unspecified atom stereocenters. The Bertz CT molecular complexity index is 603. The number of amides is 1. The minimum Gasteiger partial charge on any atom is -0.373 e. The second kappa shape index (κ2) is 6.14. The number of aryl methyl sites for hydroxylation is 2. The number of rotatable bonds is 4. The van der Waals surface area contributed by atoms with Crippen LogP contribution in [0.5, 0.6) is 0 Å². The molecule has 0 saturated carbocycles. The highest BCUT2D eigenvalue weighted by atomic mass is 16.1. The standard InChI is InChI=1S/C15H18N4O/c1-4-12-7-11(8-14(16-3)18-12)15(20)19-13-5-6-17-9-10(13)2/h5-9H,4H2,1-3H3,(H,16,18)(H,17,19,20). The van der Waals surface area contributed by atoms with E-state index < -0.39 is 0 Å². The van der Waals surface area contributed by atoms with Crippen LogP contribution in [0.2, 0.25) is 0 Å². The molecule has 1 amide bonds. The molecule has 0 bridgehead atoms. The lowest BCUT2D eigenvalue weighted by atomic mass is 10.1. The van der Waals surface area contributed by atoms with Crippen molar-refractivity contribution >= 4 is 17.4 Å². The number of nitrogens with one attached hydrogen (secondary N) is 2. The highest BCUT2D eigenvalue weighted by Gasteiger charge is 2.10. The minimum absolute atomic E-state index is 0.145. The van der Waals surface area contributed by atoms with Gasteiger partial charge in [0.2, 0.25) is 0 Å². The second-order valence-electron chi connectivity index (χ2n) is 4.48. The fourth-order valence-corrected chi connectivity index (χ4v) is 1.84. The number of anilines is 2. The molecule has 0 atom stereocenters. The molecule has 104 valence electrons. The van der Waals surface area contributed by atoms with Crippen molar-refractivity contribution < 1.29 is 4.79 Å². The van der Waals surface area contributed by atoms with Crippen LogP contribution in [0.25, 0.3) is 0 Å². The summed E-state index contributed by atoms with van der Waals surface area (Å²) < 4.78 is 0. The third-order valence-electron chi connectivity index (χ3n) is 3.03. The minimum atomic E-state index is -0.145. The van der Waals surface area contributed by atoms with E-state index in [1.54, 1.807) is 31.6 Å². The first-order valence-corrected chi connectivity index (χ1v) is 6.54. The fourth-order valence-electron chi connectivity index (χ4n) is 1.84. The summed E-state index contributed by atoms with van der Waals surface area (Å²) in [4.78, 5) is 20.7. The van der Waals surface area contributed by atoms with E-state index in [1.807, 2.05) is 19.9 Å². The fraction of sp³-hybridized carbons (Fsp3) is 0.267. The van der Waals surface area contributed by atoms with Crippen LogP contribution in [0.1, 0.15) is 28.5 Å². The summed E-state index contributed by atoms with van der Waals surface area (Å²) in [5.74, 6) is 0.550. The number of nitrogens with zero attached hydrogens (tertiary/aromatic N) is 2. The lowest BCUT2D eigenvalue weighted by Gasteiger charge is -2.10. The Labute approximate surface area is 118 Å². The van der Waals surface area contributed by atoms with E-state index in [-0.39, 0.29) is 5.91 Å². The topological polar surface area (TPSA) is 66.9 Å². The van der Waals surface area contributed by atoms with Crippen molar-refractivity contribution in [3.8, 4) is 0 Å². The van der Waals surface area contributed by atoms with E-state index >= 15 is 0 Å². The van der Waals surface area contributed by atoms with E-state index in [2.05, 4.69) is 20.6 Å². The third kappa shape index (κ3) is 3.12. The van der Waals surface area contributed by atoms with E-state index in [1.165, 1.54) is 0 Å². The summed E-state index contributed by atoms with van der Waals surface area (Å²) in [5.41, 5.74) is 3.18. The van der Waals surface area contributed by atoms with Gasteiger partial charge in [-0.2, -0.15) is 0 Å². The number of carbonyl (C=O) groups excluding carboxylic acids is 1. The molecule has 0 aliphatic heterocycles. The molecule has 0 aliphatic carbocycles. The highest BCUT2D eigenvalue weighted by Crippen LogP contribution is 2.16. The second-order valence-corrected chi connectivity index (χ2v) is 4.48. The maximum atomic E-state index is 12.3. The van der Waals surface area contributed by atoms with E-state index in [0.717, 1.165) is 23.4 Å². The Kier molecular flexibility index (Phi) is 4.30. The molecule has 2 aromatic heterocycles. The van der Waals surface area contributed by atoms with Crippen LogP contribution in [0, 0.1) is 6.92 Å². The summed E-state index contributed by atoms with van der Waals surface area (Å²) in [5, 5.41) is 5.87. The summed E-state index contributed by atoms with van der Waals surface area (Å²) in [7, 11) is 1.79. The largest absolute Gasteiger partial charge is 0.373 e. The predicted molar refractivity (Wildman–Crippen MR) is 80.1 cm³/mol. The molecule has 5 nitrogen and oxygen atoms in total. The number of aromatic nitrogens is 2. The molecular formula is C15H18N4O. The highest BCUT2D eigenvalue weighted by molar-refractivity contribution is 6.05. The van der Waals surface area contributed by atoms with Crippen molar-refractivity contribution in [3.63, 3.8) is 0 Å². The van der Waals surface area contributed by atoms with Gasteiger partial charge < -0.3 is 10.6 Å². The maximum Gasteiger partial charge on any atom is 0.255 e. The van der Waals surface area contributed by atoms with Gasteiger partial charge in [0, 0.05) is 36.4 Å². The van der Waals surface area contributed by atoms with Crippen LogP contribution in [-0.2, 0) is 6.42 Å². The van der Waals surface area contributed by atoms with Crippen LogP contribution in [0.3, 0.4) is 0 Å². The monoisotopic (exact) mass is 270 g/mol. The van der Waals surface area contributed by atoms with Gasteiger partial charge in [-0.3, -0.25) is 9.78 Å². The van der Waals surface area contributed by atoms with Gasteiger partial charge in [-0.1, -0.05) is 6.92 Å². The maximum absolute atomic E-state index is 12.3. The average molecular weight is 270 g/mol. The molecule has 20 heavy (non-hydrogen) atoms. The first kappa shape index (κ1) is 14.0. The Hall–Kier alpha value is -2.43. The Balaban J connectivity index is 2.27. The zero-order valence-corrected chi connectivity index (χ0v) is 11.9. The normalized spacial score (nSPS) is 10.2. The molecule has 2 rings (SSSR count). The van der Waals surface area contributed by atoms with Gasteiger partial charge in [-0.25, -0.2) is 4.98 Å². The zero-order valence-electron chi connectivity index (χ0n) is 11.9. The number of carbonyl (C=O) groups is 1. The van der Waals surface area contributed by atoms with Crippen molar-refractivity contribution in [2.75, 3.05) is 17.7 Å². The van der Waals surface area contributed by atoms with E-state index in [4.69, 9.17) is 0 Å². The van der Waals surface area contributed by atoms with Crippen molar-refractivity contribution in [1.29, 1.82) is 0 Å². The van der Waals surface area contributed by atoms with Crippen LogP contribution in [0.15, 0.2) is 30.6 Å². The van der Waals surface area contributed by atoms with Crippen molar-refractivity contribution in [2.45, 2.75) is 20.3 Å². The molecule has 5 heteroatoms. The zero-order chi connectivity index (χ0) is 14.5. The number of hydrogen-bond donors (Lipinski definition) is 2. The van der Waals surface area contributed by atoms with Crippen molar-refractivity contribution in [2.24, 2.45) is 0 Å². The van der Waals surface area contributed by atoms with Gasteiger partial charge in [-0.15, -0.1) is 0 Å². The first-order chi connectivity index (χ1) is 9.63. The van der Waals surface area contributed by atoms with Gasteiger partial charge in [-0.05, 0) is 37.1 Å². The lowest BCUT2D eigenvalue weighted by molar-refractivity contribution is 0.102. The SMILES string of the molecule is CCc1cc(C(=O)Nc2ccncc2C)cc(NC)n1. The smallest absolute Gasteiger partial charge is 0.255 e. The molecule has 0 spiro atoms. The molecule has 0 aliphatic rings. The van der Waals surface area contributed by atoms with Crippen molar-refractivity contribution in [3.05, 3.63) is 47.4 Å². The average Bonchev–Trinajstić information content (AvgIpc) is 2.48. The Morgan fingerprint density at radius 1 is 1.35 bits per heavy atom. The van der Waals surface area contributed by atoms with E-state index in [9.17, 15) is 4.79 Å². The van der Waals surface area contributed by atoms with Crippen LogP contribution < -0.4 is 10.6 Å². The van der Waals surface area contributed by atoms with Crippen molar-refractivity contribution in [1.82, 2.24) is 9.97 Å². The predicted octanol–water partition coefficient (Wildman–Crippen LogP) is 2.64. The summed E-state index contributed by atoms with van der Waals surface area (Å²) >= 11 is 0. The number of pyridine rings is 2. The van der Waals surface area contributed by atoms with Crippen LogP contribution in [0.4, 0.5) is 11.5 Å². The molecule has 0 aromatic carbocycles. The third-order valence-corrected chi connectivity index (χ3v) is 3.03. The molecule has 0 radical (unpaired) electrons. The summed E-state index contributed by atoms with van der Waals surface area (Å²) in [6, 6.07) is 5.34. The first-order valence-electron chi connectivity index (χ1n) is 6.54. The van der Waals surface area contributed by atoms with Gasteiger partial charge in [0.1, 0.15) is 5.82 Å². The molecule has 2 N–H and O–H groups in total. The van der Waals surface area contributed by atoms with Gasteiger partial charge in [0.25, 0.3) is 5.91 Å². The molecule has 0 fully saturated rings. The van der Waals surface area contributed by atoms with Gasteiger partial charge >= 0.3 is 0 Å². The summed E-state index contributed by atoms with van der Waals surface area (Å²) in [6.45, 7) is 3.92.